The third kappa shape index (κ3) is 1.51. The lowest BCUT2D eigenvalue weighted by atomic mass is 10.1. The normalized spacial score (nSPS) is 12.6. The van der Waals surface area contributed by atoms with Gasteiger partial charge in [0.1, 0.15) is 17.7 Å². The van der Waals surface area contributed by atoms with Gasteiger partial charge in [0, 0.05) is 0 Å². The zero-order valence-corrected chi connectivity index (χ0v) is 6.30. The molecule has 1 rings (SSSR count). The van der Waals surface area contributed by atoms with Crippen LogP contribution in [-0.4, -0.2) is 5.11 Å². The van der Waals surface area contributed by atoms with Crippen molar-refractivity contribution in [2.75, 3.05) is 0 Å². The van der Waals surface area contributed by atoms with Crippen molar-refractivity contribution in [2.24, 2.45) is 0 Å². The number of halogens is 2. The summed E-state index contributed by atoms with van der Waals surface area (Å²) in [5.74, 6) is -1.52. The van der Waals surface area contributed by atoms with Gasteiger partial charge in [-0.3, -0.25) is 0 Å². The first kappa shape index (κ1) is 8.87. The third-order valence-electron chi connectivity index (χ3n) is 1.52. The second-order valence-electron chi connectivity index (χ2n) is 2.32. The summed E-state index contributed by atoms with van der Waals surface area (Å²) < 4.78 is 25.7. The van der Waals surface area contributed by atoms with Crippen molar-refractivity contribution < 1.29 is 13.9 Å². The lowest BCUT2D eigenvalue weighted by molar-refractivity contribution is 0.217. The summed E-state index contributed by atoms with van der Waals surface area (Å²) in [6, 6.07) is 3.42. The topological polar surface area (TPSA) is 20.2 Å². The van der Waals surface area contributed by atoms with Crippen molar-refractivity contribution in [2.45, 2.75) is 6.10 Å². The second kappa shape index (κ2) is 3.45. The average molecular weight is 170 g/mol. The molecule has 1 unspecified atom stereocenters. The van der Waals surface area contributed by atoms with Crippen LogP contribution >= 0.6 is 0 Å². The van der Waals surface area contributed by atoms with Gasteiger partial charge >= 0.3 is 0 Å². The molecule has 0 aromatic heterocycles. The van der Waals surface area contributed by atoms with Gasteiger partial charge in [-0.15, -0.1) is 6.58 Å². The molecule has 12 heavy (non-hydrogen) atoms. The highest BCUT2D eigenvalue weighted by Crippen LogP contribution is 2.20. The van der Waals surface area contributed by atoms with Crippen molar-refractivity contribution in [1.82, 2.24) is 0 Å². The van der Waals surface area contributed by atoms with Crippen LogP contribution in [0.25, 0.3) is 0 Å². The molecule has 1 nitrogen and oxygen atoms in total. The highest BCUT2D eigenvalue weighted by molar-refractivity contribution is 5.24. The lowest BCUT2D eigenvalue weighted by Gasteiger charge is -2.07. The Bertz CT molecular complexity index is 276. The van der Waals surface area contributed by atoms with E-state index in [9.17, 15) is 8.78 Å². The zero-order valence-electron chi connectivity index (χ0n) is 6.30. The molecule has 0 aliphatic heterocycles. The fourth-order valence-electron chi connectivity index (χ4n) is 0.911. The van der Waals surface area contributed by atoms with E-state index >= 15 is 0 Å². The molecule has 1 aromatic carbocycles. The summed E-state index contributed by atoms with van der Waals surface area (Å²) in [6.07, 6.45) is -0.215. The number of benzene rings is 1. The molecule has 0 saturated carbocycles. The van der Waals surface area contributed by atoms with Crippen molar-refractivity contribution in [3.8, 4) is 0 Å². The summed E-state index contributed by atoms with van der Waals surface area (Å²) in [5.41, 5.74) is -0.354. The minimum Gasteiger partial charge on any atom is -0.384 e. The van der Waals surface area contributed by atoms with Crippen LogP contribution in [0.1, 0.15) is 11.7 Å². The fourth-order valence-corrected chi connectivity index (χ4v) is 0.911. The molecule has 0 aliphatic carbocycles. The Morgan fingerprint density at radius 1 is 1.33 bits per heavy atom. The van der Waals surface area contributed by atoms with Crippen molar-refractivity contribution in [3.63, 3.8) is 0 Å². The van der Waals surface area contributed by atoms with E-state index < -0.39 is 17.7 Å². The molecule has 0 radical (unpaired) electrons. The third-order valence-corrected chi connectivity index (χ3v) is 1.52. The van der Waals surface area contributed by atoms with E-state index in [0.29, 0.717) is 0 Å². The number of hydrogen-bond acceptors (Lipinski definition) is 1. The van der Waals surface area contributed by atoms with Crippen LogP contribution in [0, 0.1) is 11.6 Å². The van der Waals surface area contributed by atoms with E-state index in [4.69, 9.17) is 5.11 Å². The molecule has 1 aromatic rings. The maximum atomic E-state index is 12.8. The summed E-state index contributed by atoms with van der Waals surface area (Å²) >= 11 is 0. The van der Waals surface area contributed by atoms with Crippen LogP contribution in [0.5, 0.6) is 0 Å². The minimum absolute atomic E-state index is 0.354. The standard InChI is InChI=1S/C9H8F2O/c1-2-8(12)9-6(10)4-3-5-7(9)11/h2-5,8,12H,1H2. The molecule has 1 atom stereocenters. The molecule has 0 spiro atoms. The van der Waals surface area contributed by atoms with Gasteiger partial charge in [-0.05, 0) is 12.1 Å². The van der Waals surface area contributed by atoms with Crippen LogP contribution < -0.4 is 0 Å². The Morgan fingerprint density at radius 2 is 1.83 bits per heavy atom. The molecule has 0 fully saturated rings. The van der Waals surface area contributed by atoms with Gasteiger partial charge in [0.25, 0.3) is 0 Å². The van der Waals surface area contributed by atoms with Gasteiger partial charge in [-0.25, -0.2) is 8.78 Å². The Hall–Kier alpha value is -1.22. The zero-order chi connectivity index (χ0) is 9.14. The average Bonchev–Trinajstić information content (AvgIpc) is 2.03. The SMILES string of the molecule is C=CC(O)c1c(F)cccc1F. The first-order valence-electron chi connectivity index (χ1n) is 3.41. The van der Waals surface area contributed by atoms with Gasteiger partial charge in [0.05, 0.1) is 5.56 Å². The van der Waals surface area contributed by atoms with E-state index in [1.807, 2.05) is 0 Å². The predicted molar refractivity (Wildman–Crippen MR) is 41.5 cm³/mol. The largest absolute Gasteiger partial charge is 0.384 e. The highest BCUT2D eigenvalue weighted by Gasteiger charge is 2.13. The van der Waals surface area contributed by atoms with E-state index in [0.717, 1.165) is 18.2 Å². The van der Waals surface area contributed by atoms with Gasteiger partial charge in [-0.2, -0.15) is 0 Å². The van der Waals surface area contributed by atoms with Crippen molar-refractivity contribution in [3.05, 3.63) is 48.1 Å². The fraction of sp³-hybridized carbons (Fsp3) is 0.111. The maximum Gasteiger partial charge on any atom is 0.132 e. The monoisotopic (exact) mass is 170 g/mol. The molecule has 0 aliphatic rings. The first-order chi connectivity index (χ1) is 5.66. The molecule has 0 amide bonds. The van der Waals surface area contributed by atoms with Crippen molar-refractivity contribution in [1.29, 1.82) is 0 Å². The van der Waals surface area contributed by atoms with Crippen LogP contribution in [0.15, 0.2) is 30.9 Å². The molecule has 0 bridgehead atoms. The molecule has 0 saturated heterocycles. The van der Waals surface area contributed by atoms with Gasteiger partial charge in [0.2, 0.25) is 0 Å². The summed E-state index contributed by atoms with van der Waals surface area (Å²) in [4.78, 5) is 0. The van der Waals surface area contributed by atoms with Crippen LogP contribution in [0.3, 0.4) is 0 Å². The van der Waals surface area contributed by atoms with Gasteiger partial charge in [-0.1, -0.05) is 12.1 Å². The number of aliphatic hydroxyl groups is 1. The van der Waals surface area contributed by atoms with Gasteiger partial charge in [0.15, 0.2) is 0 Å². The molecule has 1 N–H and O–H groups in total. The quantitative estimate of drug-likeness (QED) is 0.674. The smallest absolute Gasteiger partial charge is 0.132 e. The summed E-state index contributed by atoms with van der Waals surface area (Å²) in [7, 11) is 0. The number of rotatable bonds is 2. The molecule has 3 heteroatoms. The number of hydrogen-bond donors (Lipinski definition) is 1. The minimum atomic E-state index is -1.29. The van der Waals surface area contributed by atoms with E-state index in [1.165, 1.54) is 6.07 Å². The molecule has 0 heterocycles. The predicted octanol–water partition coefficient (Wildman–Crippen LogP) is 2.18. The summed E-state index contributed by atoms with van der Waals surface area (Å²) in [6.45, 7) is 3.24. The molecular formula is C9H8F2O. The molecule has 64 valence electrons. The summed E-state index contributed by atoms with van der Waals surface area (Å²) in [5, 5.41) is 9.09. The highest BCUT2D eigenvalue weighted by atomic mass is 19.1. The van der Waals surface area contributed by atoms with Crippen molar-refractivity contribution >= 4 is 0 Å². The van der Waals surface area contributed by atoms with Crippen LogP contribution in [0.4, 0.5) is 8.78 Å². The van der Waals surface area contributed by atoms with Crippen LogP contribution in [-0.2, 0) is 0 Å². The van der Waals surface area contributed by atoms with Gasteiger partial charge < -0.3 is 5.11 Å². The van der Waals surface area contributed by atoms with E-state index in [1.54, 1.807) is 0 Å². The Labute approximate surface area is 69.0 Å². The lowest BCUT2D eigenvalue weighted by Crippen LogP contribution is -2.00. The van der Waals surface area contributed by atoms with E-state index in [-0.39, 0.29) is 5.56 Å². The van der Waals surface area contributed by atoms with E-state index in [2.05, 4.69) is 6.58 Å². The second-order valence-corrected chi connectivity index (χ2v) is 2.32. The van der Waals surface area contributed by atoms with Crippen LogP contribution in [0.2, 0.25) is 0 Å². The Morgan fingerprint density at radius 3 is 2.25 bits per heavy atom. The first-order valence-corrected chi connectivity index (χ1v) is 3.41. The molecular weight excluding hydrogens is 162 g/mol. The number of aliphatic hydroxyl groups excluding tert-OH is 1. The Balaban J connectivity index is 3.20. The Kier molecular flexibility index (Phi) is 2.55. The maximum absolute atomic E-state index is 12.8.